The molecule has 0 aliphatic rings. The largest absolute Gasteiger partial charge is 0.494 e. The monoisotopic (exact) mass is 265 g/mol. The van der Waals surface area contributed by atoms with Gasteiger partial charge in [-0.3, -0.25) is 4.68 Å². The van der Waals surface area contributed by atoms with Gasteiger partial charge in [0.1, 0.15) is 0 Å². The fourth-order valence-corrected chi connectivity index (χ4v) is 1.69. The molecule has 0 amide bonds. The van der Waals surface area contributed by atoms with E-state index < -0.39 is 11.9 Å². The maximum absolute atomic E-state index is 13.2. The molecule has 0 radical (unpaired) electrons. The maximum Gasteiger partial charge on any atom is 0.165 e. The van der Waals surface area contributed by atoms with Crippen molar-refractivity contribution < 1.29 is 14.2 Å². The molecule has 0 bridgehead atoms. The average Bonchev–Trinajstić information content (AvgIpc) is 2.90. The lowest BCUT2D eigenvalue weighted by molar-refractivity contribution is 0.161. The van der Waals surface area contributed by atoms with Crippen LogP contribution in [0.3, 0.4) is 0 Å². The lowest BCUT2D eigenvalue weighted by Crippen LogP contribution is -2.25. The van der Waals surface area contributed by atoms with Crippen LogP contribution < -0.4 is 10.1 Å². The van der Waals surface area contributed by atoms with E-state index in [9.17, 15) is 9.50 Å². The fraction of sp³-hybridized carbons (Fsp3) is 0.308. The molecule has 1 aromatic carbocycles. The van der Waals surface area contributed by atoms with E-state index in [1.54, 1.807) is 35.3 Å². The first-order valence-electron chi connectivity index (χ1n) is 5.92. The maximum atomic E-state index is 13.2. The van der Waals surface area contributed by atoms with Crippen LogP contribution in [0, 0.1) is 5.82 Å². The van der Waals surface area contributed by atoms with Crippen molar-refractivity contribution in [1.29, 1.82) is 0 Å². The summed E-state index contributed by atoms with van der Waals surface area (Å²) in [6.07, 6.45) is 2.85. The fourth-order valence-electron chi connectivity index (χ4n) is 1.69. The van der Waals surface area contributed by atoms with Gasteiger partial charge >= 0.3 is 0 Å². The molecule has 19 heavy (non-hydrogen) atoms. The van der Waals surface area contributed by atoms with Gasteiger partial charge < -0.3 is 15.2 Å². The van der Waals surface area contributed by atoms with Crippen LogP contribution in [0.15, 0.2) is 36.7 Å². The predicted octanol–water partition coefficient (Wildman–Crippen LogP) is 1.50. The number of methoxy groups -OCH3 is 1. The summed E-state index contributed by atoms with van der Waals surface area (Å²) < 4.78 is 19.7. The molecule has 102 valence electrons. The van der Waals surface area contributed by atoms with Gasteiger partial charge in [-0.05, 0) is 18.2 Å². The Morgan fingerprint density at radius 2 is 2.37 bits per heavy atom. The van der Waals surface area contributed by atoms with E-state index in [-0.39, 0.29) is 5.75 Å². The summed E-state index contributed by atoms with van der Waals surface area (Å²) in [6, 6.07) is 6.26. The number of aliphatic hydroxyl groups is 1. The predicted molar refractivity (Wildman–Crippen MR) is 69.7 cm³/mol. The molecule has 1 atom stereocenters. The van der Waals surface area contributed by atoms with Crippen LogP contribution in [-0.2, 0) is 6.54 Å². The minimum atomic E-state index is -0.587. The van der Waals surface area contributed by atoms with E-state index in [4.69, 9.17) is 4.74 Å². The van der Waals surface area contributed by atoms with E-state index in [2.05, 4.69) is 10.4 Å². The molecule has 0 spiro atoms. The van der Waals surface area contributed by atoms with Crippen LogP contribution >= 0.6 is 0 Å². The molecule has 1 aromatic heterocycles. The summed E-state index contributed by atoms with van der Waals surface area (Å²) in [7, 11) is 1.41. The third-order valence-corrected chi connectivity index (χ3v) is 2.65. The molecule has 0 fully saturated rings. The van der Waals surface area contributed by atoms with E-state index in [1.165, 1.54) is 13.2 Å². The summed E-state index contributed by atoms with van der Waals surface area (Å²) in [5.41, 5.74) is 0.692. The lowest BCUT2D eigenvalue weighted by Gasteiger charge is -2.13. The van der Waals surface area contributed by atoms with Gasteiger partial charge in [-0.1, -0.05) is 0 Å². The van der Waals surface area contributed by atoms with Crippen molar-refractivity contribution in [1.82, 2.24) is 9.78 Å². The summed E-state index contributed by atoms with van der Waals surface area (Å²) in [6.45, 7) is 0.743. The molecule has 2 rings (SSSR count). The number of ether oxygens (including phenoxy) is 1. The minimum absolute atomic E-state index is 0.173. The number of hydrogen-bond donors (Lipinski definition) is 2. The van der Waals surface area contributed by atoms with Gasteiger partial charge in [0.2, 0.25) is 0 Å². The van der Waals surface area contributed by atoms with Crippen molar-refractivity contribution >= 4 is 5.69 Å². The normalized spacial score (nSPS) is 12.2. The van der Waals surface area contributed by atoms with Crippen molar-refractivity contribution in [2.75, 3.05) is 19.0 Å². The zero-order chi connectivity index (χ0) is 13.7. The first-order valence-corrected chi connectivity index (χ1v) is 5.92. The Balaban J connectivity index is 1.88. The zero-order valence-corrected chi connectivity index (χ0v) is 10.6. The van der Waals surface area contributed by atoms with Gasteiger partial charge in [0.15, 0.2) is 11.6 Å². The van der Waals surface area contributed by atoms with E-state index in [0.717, 1.165) is 0 Å². The smallest absolute Gasteiger partial charge is 0.165 e. The molecule has 0 aliphatic carbocycles. The van der Waals surface area contributed by atoms with Crippen LogP contribution in [0.4, 0.5) is 10.1 Å². The third kappa shape index (κ3) is 3.69. The van der Waals surface area contributed by atoms with Gasteiger partial charge in [0.25, 0.3) is 0 Å². The van der Waals surface area contributed by atoms with E-state index in [1.807, 2.05) is 0 Å². The van der Waals surface area contributed by atoms with Crippen LogP contribution in [0.2, 0.25) is 0 Å². The Hall–Kier alpha value is -2.08. The number of rotatable bonds is 6. The number of nitrogens with one attached hydrogen (secondary N) is 1. The standard InChI is InChI=1S/C13H16FN3O2/c1-19-13-7-10(3-4-12(13)14)15-8-11(18)9-17-6-2-5-16-17/h2-7,11,15,18H,8-9H2,1H3. The number of benzene rings is 1. The van der Waals surface area contributed by atoms with Gasteiger partial charge in [-0.2, -0.15) is 5.10 Å². The molecule has 0 saturated carbocycles. The topological polar surface area (TPSA) is 59.3 Å². The van der Waals surface area contributed by atoms with E-state index in [0.29, 0.717) is 18.8 Å². The van der Waals surface area contributed by atoms with Crippen molar-refractivity contribution in [3.05, 3.63) is 42.5 Å². The Morgan fingerprint density at radius 1 is 1.53 bits per heavy atom. The van der Waals surface area contributed by atoms with E-state index >= 15 is 0 Å². The number of halogens is 1. The number of aliphatic hydroxyl groups excluding tert-OH is 1. The molecule has 1 unspecified atom stereocenters. The first kappa shape index (κ1) is 13.4. The molecule has 6 heteroatoms. The second-order valence-corrected chi connectivity index (χ2v) is 4.11. The van der Waals surface area contributed by atoms with Gasteiger partial charge in [0, 0.05) is 30.7 Å². The molecule has 1 heterocycles. The quantitative estimate of drug-likeness (QED) is 0.831. The molecule has 0 aliphatic heterocycles. The Morgan fingerprint density at radius 3 is 3.05 bits per heavy atom. The van der Waals surface area contributed by atoms with Crippen molar-refractivity contribution in [3.63, 3.8) is 0 Å². The summed E-state index contributed by atoms with van der Waals surface area (Å²) in [5.74, 6) is -0.239. The zero-order valence-electron chi connectivity index (χ0n) is 10.6. The van der Waals surface area contributed by atoms with Gasteiger partial charge in [-0.25, -0.2) is 4.39 Å². The third-order valence-electron chi connectivity index (χ3n) is 2.65. The Labute approximate surface area is 110 Å². The second-order valence-electron chi connectivity index (χ2n) is 4.11. The van der Waals surface area contributed by atoms with Crippen molar-refractivity contribution in [2.24, 2.45) is 0 Å². The summed E-state index contributed by atoms with van der Waals surface area (Å²) >= 11 is 0. The Bertz CT molecular complexity index is 517. The van der Waals surface area contributed by atoms with Crippen LogP contribution in [0.1, 0.15) is 0 Å². The van der Waals surface area contributed by atoms with Crippen LogP contribution in [-0.4, -0.2) is 34.6 Å². The SMILES string of the molecule is COc1cc(NCC(O)Cn2cccn2)ccc1F. The number of hydrogen-bond acceptors (Lipinski definition) is 4. The molecular formula is C13H16FN3O2. The highest BCUT2D eigenvalue weighted by Gasteiger charge is 2.07. The average molecular weight is 265 g/mol. The molecule has 2 N–H and O–H groups in total. The molecule has 5 nitrogen and oxygen atoms in total. The number of anilines is 1. The highest BCUT2D eigenvalue weighted by molar-refractivity contribution is 5.48. The second kappa shape index (κ2) is 6.19. The number of nitrogens with zero attached hydrogens (tertiary/aromatic N) is 2. The molecule has 2 aromatic rings. The first-order chi connectivity index (χ1) is 9.19. The highest BCUT2D eigenvalue weighted by Crippen LogP contribution is 2.21. The lowest BCUT2D eigenvalue weighted by atomic mass is 10.2. The summed E-state index contributed by atoms with van der Waals surface area (Å²) in [4.78, 5) is 0. The molecular weight excluding hydrogens is 249 g/mol. The number of aromatic nitrogens is 2. The minimum Gasteiger partial charge on any atom is -0.494 e. The van der Waals surface area contributed by atoms with Crippen molar-refractivity contribution in [2.45, 2.75) is 12.6 Å². The molecule has 0 saturated heterocycles. The summed E-state index contributed by atoms with van der Waals surface area (Å²) in [5, 5.41) is 16.9. The van der Waals surface area contributed by atoms with Gasteiger partial charge in [-0.15, -0.1) is 0 Å². The highest BCUT2D eigenvalue weighted by atomic mass is 19.1. The Kier molecular flexibility index (Phi) is 4.35. The van der Waals surface area contributed by atoms with Crippen LogP contribution in [0.25, 0.3) is 0 Å². The van der Waals surface area contributed by atoms with Gasteiger partial charge in [0.05, 0.1) is 19.8 Å². The van der Waals surface area contributed by atoms with Crippen molar-refractivity contribution in [3.8, 4) is 5.75 Å². The van der Waals surface area contributed by atoms with Crippen LogP contribution in [0.5, 0.6) is 5.75 Å².